The number of ether oxygens (including phenoxy) is 1. The Morgan fingerprint density at radius 2 is 1.88 bits per heavy atom. The van der Waals surface area contributed by atoms with Crippen LogP contribution in [0.25, 0.3) is 11.0 Å². The maximum Gasteiger partial charge on any atom is 0.293 e. The minimum absolute atomic E-state index is 0.0322. The van der Waals surface area contributed by atoms with E-state index >= 15 is 0 Å². The van der Waals surface area contributed by atoms with Crippen molar-refractivity contribution in [1.29, 1.82) is 0 Å². The number of hydrogen-bond acceptors (Lipinski definition) is 6. The topological polar surface area (TPSA) is 105 Å². The summed E-state index contributed by atoms with van der Waals surface area (Å²) in [7, 11) is 0. The van der Waals surface area contributed by atoms with Gasteiger partial charge in [0.25, 0.3) is 11.6 Å². The fourth-order valence-electron chi connectivity index (χ4n) is 4.75. The molecule has 1 N–H and O–H groups in total. The van der Waals surface area contributed by atoms with Crippen LogP contribution in [-0.2, 0) is 4.74 Å². The van der Waals surface area contributed by atoms with Crippen molar-refractivity contribution in [2.75, 3.05) is 44.3 Å². The van der Waals surface area contributed by atoms with Crippen molar-refractivity contribution in [3.8, 4) is 0 Å². The number of morpholine rings is 1. The number of aromatic amines is 1. The van der Waals surface area contributed by atoms with E-state index in [4.69, 9.17) is 9.72 Å². The Kier molecular flexibility index (Phi) is 5.72. The maximum absolute atomic E-state index is 13.1. The van der Waals surface area contributed by atoms with Gasteiger partial charge in [-0.05, 0) is 49.6 Å². The number of anilines is 1. The predicted molar refractivity (Wildman–Crippen MR) is 125 cm³/mol. The molecular weight excluding hydrogens is 422 g/mol. The van der Waals surface area contributed by atoms with Gasteiger partial charge in [-0.15, -0.1) is 0 Å². The molecule has 33 heavy (non-hydrogen) atoms. The van der Waals surface area contributed by atoms with E-state index in [0.29, 0.717) is 50.6 Å². The summed E-state index contributed by atoms with van der Waals surface area (Å²) in [5.74, 6) is 1.07. The van der Waals surface area contributed by atoms with E-state index in [1.54, 1.807) is 17.0 Å². The number of amides is 1. The molecule has 1 aromatic heterocycles. The van der Waals surface area contributed by atoms with Gasteiger partial charge in [0.05, 0.1) is 29.2 Å². The third-order valence-electron chi connectivity index (χ3n) is 6.60. The number of nitrogens with zero attached hydrogens (tertiary/aromatic N) is 4. The third kappa shape index (κ3) is 4.28. The van der Waals surface area contributed by atoms with Gasteiger partial charge in [0.1, 0.15) is 11.5 Å². The van der Waals surface area contributed by atoms with E-state index < -0.39 is 4.92 Å². The van der Waals surface area contributed by atoms with Crippen molar-refractivity contribution in [3.05, 3.63) is 63.5 Å². The molecule has 0 saturated carbocycles. The quantitative estimate of drug-likeness (QED) is 0.482. The van der Waals surface area contributed by atoms with Crippen molar-refractivity contribution in [1.82, 2.24) is 14.9 Å². The van der Waals surface area contributed by atoms with Crippen LogP contribution >= 0.6 is 0 Å². The number of piperidine rings is 1. The van der Waals surface area contributed by atoms with Gasteiger partial charge >= 0.3 is 0 Å². The SMILES string of the molecule is Cc1ccc2nc(C3CCN(C(=O)c4ccc(N5CCOCC5)c([N+](=O)[O-])c4)CC3)[nH]c2c1. The predicted octanol–water partition coefficient (Wildman–Crippen LogP) is 3.64. The number of nitro groups is 1. The number of benzene rings is 2. The molecule has 3 heterocycles. The smallest absolute Gasteiger partial charge is 0.293 e. The zero-order valence-electron chi connectivity index (χ0n) is 18.6. The fraction of sp³-hybridized carbons (Fsp3) is 0.417. The second-order valence-corrected chi connectivity index (χ2v) is 8.77. The van der Waals surface area contributed by atoms with Gasteiger partial charge in [0.15, 0.2) is 0 Å². The first-order valence-corrected chi connectivity index (χ1v) is 11.4. The molecule has 2 fully saturated rings. The Labute approximate surface area is 191 Å². The average molecular weight is 450 g/mol. The molecule has 9 nitrogen and oxygen atoms in total. The molecule has 0 bridgehead atoms. The van der Waals surface area contributed by atoms with Crippen LogP contribution in [0.3, 0.4) is 0 Å². The van der Waals surface area contributed by atoms with Crippen LogP contribution < -0.4 is 4.90 Å². The van der Waals surface area contributed by atoms with Crippen molar-refractivity contribution >= 4 is 28.3 Å². The molecule has 0 atom stereocenters. The lowest BCUT2D eigenvalue weighted by Crippen LogP contribution is -2.38. The lowest BCUT2D eigenvalue weighted by Gasteiger charge is -2.31. The van der Waals surface area contributed by atoms with E-state index in [1.807, 2.05) is 11.0 Å². The van der Waals surface area contributed by atoms with Gasteiger partial charge in [-0.1, -0.05) is 6.07 Å². The number of H-pyrrole nitrogens is 1. The Morgan fingerprint density at radius 1 is 1.12 bits per heavy atom. The van der Waals surface area contributed by atoms with Gasteiger partial charge in [-0.25, -0.2) is 4.98 Å². The number of fused-ring (bicyclic) bond motifs is 1. The monoisotopic (exact) mass is 449 g/mol. The second-order valence-electron chi connectivity index (χ2n) is 8.77. The second kappa shape index (κ2) is 8.82. The standard InChI is InChI=1S/C24H27N5O4/c1-16-2-4-19-20(14-16)26-23(25-19)17-6-8-28(9-7-17)24(30)18-3-5-21(22(15-18)29(31)32)27-10-12-33-13-11-27/h2-5,14-15,17H,6-13H2,1H3,(H,25,26). The third-order valence-corrected chi connectivity index (χ3v) is 6.60. The van der Waals surface area contributed by atoms with Crippen molar-refractivity contribution in [3.63, 3.8) is 0 Å². The van der Waals surface area contributed by atoms with E-state index in [9.17, 15) is 14.9 Å². The summed E-state index contributed by atoms with van der Waals surface area (Å²) >= 11 is 0. The Bertz CT molecular complexity index is 1190. The summed E-state index contributed by atoms with van der Waals surface area (Å²) in [4.78, 5) is 36.4. The molecule has 2 aliphatic rings. The van der Waals surface area contributed by atoms with Gasteiger partial charge in [-0.2, -0.15) is 0 Å². The summed E-state index contributed by atoms with van der Waals surface area (Å²) in [6, 6.07) is 11.0. The molecule has 5 rings (SSSR count). The minimum atomic E-state index is -0.406. The van der Waals surface area contributed by atoms with Crippen molar-refractivity contribution in [2.24, 2.45) is 0 Å². The first-order chi connectivity index (χ1) is 16.0. The van der Waals surface area contributed by atoms with Crippen LogP contribution in [0, 0.1) is 17.0 Å². The number of nitrogens with one attached hydrogen (secondary N) is 1. The maximum atomic E-state index is 13.1. The van der Waals surface area contributed by atoms with Crippen LogP contribution in [0.5, 0.6) is 0 Å². The highest BCUT2D eigenvalue weighted by atomic mass is 16.6. The zero-order valence-corrected chi connectivity index (χ0v) is 18.6. The molecule has 0 aliphatic carbocycles. The first kappa shape index (κ1) is 21.4. The highest BCUT2D eigenvalue weighted by Crippen LogP contribution is 2.32. The molecule has 172 valence electrons. The highest BCUT2D eigenvalue weighted by Gasteiger charge is 2.29. The summed E-state index contributed by atoms with van der Waals surface area (Å²) < 4.78 is 5.35. The van der Waals surface area contributed by atoms with E-state index in [1.165, 1.54) is 11.6 Å². The van der Waals surface area contributed by atoms with Gasteiger partial charge in [0.2, 0.25) is 0 Å². The number of rotatable bonds is 4. The number of aromatic nitrogens is 2. The summed E-state index contributed by atoms with van der Waals surface area (Å²) in [6.45, 7) is 5.53. The molecule has 0 radical (unpaired) electrons. The number of nitro benzene ring substituents is 1. The Hall–Kier alpha value is -3.46. The Morgan fingerprint density at radius 3 is 2.61 bits per heavy atom. The highest BCUT2D eigenvalue weighted by molar-refractivity contribution is 5.96. The largest absolute Gasteiger partial charge is 0.378 e. The van der Waals surface area contributed by atoms with Gasteiger partial charge in [0, 0.05) is 43.7 Å². The molecule has 2 aliphatic heterocycles. The van der Waals surface area contributed by atoms with Crippen LogP contribution in [0.4, 0.5) is 11.4 Å². The normalized spacial score (nSPS) is 17.5. The van der Waals surface area contributed by atoms with E-state index in [-0.39, 0.29) is 17.5 Å². The zero-order chi connectivity index (χ0) is 22.9. The molecule has 1 amide bonds. The van der Waals surface area contributed by atoms with Crippen LogP contribution in [-0.4, -0.2) is 65.1 Å². The number of likely N-dealkylation sites (tertiary alicyclic amines) is 1. The summed E-state index contributed by atoms with van der Waals surface area (Å²) in [5.41, 5.74) is 4.05. The molecule has 2 aromatic carbocycles. The number of hydrogen-bond donors (Lipinski definition) is 1. The molecule has 9 heteroatoms. The van der Waals surface area contributed by atoms with Crippen molar-refractivity contribution < 1.29 is 14.5 Å². The van der Waals surface area contributed by atoms with Crippen LogP contribution in [0.2, 0.25) is 0 Å². The average Bonchev–Trinajstić information content (AvgIpc) is 3.27. The number of aryl methyl sites for hydroxylation is 1. The minimum Gasteiger partial charge on any atom is -0.378 e. The molecule has 3 aromatic rings. The molecule has 2 saturated heterocycles. The first-order valence-electron chi connectivity index (χ1n) is 11.4. The van der Waals surface area contributed by atoms with E-state index in [2.05, 4.69) is 24.0 Å². The Balaban J connectivity index is 1.29. The number of imidazole rings is 1. The van der Waals surface area contributed by atoms with Crippen LogP contribution in [0.1, 0.15) is 40.5 Å². The lowest BCUT2D eigenvalue weighted by atomic mass is 9.95. The van der Waals surface area contributed by atoms with Crippen LogP contribution in [0.15, 0.2) is 36.4 Å². The molecular formula is C24H27N5O4. The number of carbonyl (C=O) groups excluding carboxylic acids is 1. The summed E-state index contributed by atoms with van der Waals surface area (Å²) in [6.07, 6.45) is 1.61. The summed E-state index contributed by atoms with van der Waals surface area (Å²) in [5, 5.41) is 11.7. The van der Waals surface area contributed by atoms with Gasteiger partial charge in [-0.3, -0.25) is 14.9 Å². The van der Waals surface area contributed by atoms with Gasteiger partial charge < -0.3 is 19.5 Å². The van der Waals surface area contributed by atoms with E-state index in [0.717, 1.165) is 29.7 Å². The fourth-order valence-corrected chi connectivity index (χ4v) is 4.75. The lowest BCUT2D eigenvalue weighted by molar-refractivity contribution is -0.384. The van der Waals surface area contributed by atoms with Crippen molar-refractivity contribution in [2.45, 2.75) is 25.7 Å². The molecule has 0 spiro atoms. The molecule has 0 unspecified atom stereocenters. The number of carbonyl (C=O) groups is 1.